The lowest BCUT2D eigenvalue weighted by Gasteiger charge is -2.46. The van der Waals surface area contributed by atoms with Crippen LogP contribution < -0.4 is 17.7 Å². The van der Waals surface area contributed by atoms with Crippen molar-refractivity contribution in [3.8, 4) is 0 Å². The highest BCUT2D eigenvalue weighted by Gasteiger charge is 2.40. The van der Waals surface area contributed by atoms with Crippen LogP contribution in [0.3, 0.4) is 0 Å². The Hall–Kier alpha value is -2.59. The van der Waals surface area contributed by atoms with E-state index in [-0.39, 0.29) is 0 Å². The van der Waals surface area contributed by atoms with E-state index < -0.39 is 13.1 Å². The first-order valence-corrected chi connectivity index (χ1v) is 14.4. The van der Waals surface area contributed by atoms with Crippen molar-refractivity contribution >= 4 is 30.8 Å². The molecule has 0 aliphatic heterocycles. The van der Waals surface area contributed by atoms with Gasteiger partial charge in [-0.1, -0.05) is 93.0 Å². The van der Waals surface area contributed by atoms with Crippen LogP contribution in [0.5, 0.6) is 0 Å². The van der Waals surface area contributed by atoms with E-state index in [2.05, 4.69) is 128 Å². The highest BCUT2D eigenvalue weighted by Crippen LogP contribution is 2.21. The molecule has 0 saturated heterocycles. The van der Waals surface area contributed by atoms with Gasteiger partial charge in [0.2, 0.25) is 0 Å². The molecule has 0 aromatic heterocycles. The predicted octanol–water partition coefficient (Wildman–Crippen LogP) is 5.53. The summed E-state index contributed by atoms with van der Waals surface area (Å²) in [4.78, 5) is 0. The van der Waals surface area contributed by atoms with E-state index in [1.165, 1.54) is 44.5 Å². The second kappa shape index (κ2) is 8.98. The summed E-state index contributed by atoms with van der Waals surface area (Å²) < 4.78 is 6.16. The number of aryl methyl sites for hydroxylation is 4. The zero-order valence-corrected chi connectivity index (χ0v) is 22.7. The van der Waals surface area contributed by atoms with E-state index in [0.29, 0.717) is 0 Å². The molecule has 0 amide bonds. The standard InChI is InChI=1S/4C8H9.Al/c4*1-7-5-3-4-6-8(7)2;/h4*3-5H,1-2H3;/q;;;;-1. The Labute approximate surface area is 203 Å². The van der Waals surface area contributed by atoms with Crippen LogP contribution in [0.15, 0.2) is 72.8 Å². The third kappa shape index (κ3) is 3.69. The van der Waals surface area contributed by atoms with E-state index in [9.17, 15) is 0 Å². The largest absolute Gasteiger partial charge is 0.268 e. The maximum atomic E-state index is 2.43. The normalized spacial score (nSPS) is 11.6. The Kier molecular flexibility index (Phi) is 6.41. The van der Waals surface area contributed by atoms with E-state index in [0.717, 1.165) is 0 Å². The van der Waals surface area contributed by atoms with Crippen molar-refractivity contribution < 1.29 is 0 Å². The third-order valence-corrected chi connectivity index (χ3v) is 14.7. The molecule has 1 heteroatoms. The van der Waals surface area contributed by atoms with E-state index >= 15 is 0 Å². The summed E-state index contributed by atoms with van der Waals surface area (Å²) in [5.74, 6) is 0. The van der Waals surface area contributed by atoms with Crippen LogP contribution in [0.2, 0.25) is 0 Å². The lowest BCUT2D eigenvalue weighted by atomic mass is 10.1. The van der Waals surface area contributed by atoms with Crippen LogP contribution in [0, 0.1) is 55.4 Å². The summed E-state index contributed by atoms with van der Waals surface area (Å²) in [5.41, 5.74) is 11.2. The molecule has 0 unspecified atom stereocenters. The Balaban J connectivity index is 2.36. The van der Waals surface area contributed by atoms with Crippen molar-refractivity contribution in [1.82, 2.24) is 0 Å². The molecular formula is C32H36Al-. The minimum absolute atomic E-state index is 1.37. The van der Waals surface area contributed by atoms with Crippen LogP contribution in [0.1, 0.15) is 44.5 Å². The molecule has 0 atom stereocenters. The molecule has 0 nitrogen and oxygen atoms in total. The van der Waals surface area contributed by atoms with Crippen molar-refractivity contribution in [2.75, 3.05) is 0 Å². The van der Waals surface area contributed by atoms with Gasteiger partial charge in [-0.15, -0.1) is 24.3 Å². The van der Waals surface area contributed by atoms with Crippen LogP contribution >= 0.6 is 0 Å². The maximum absolute atomic E-state index is 3.04. The van der Waals surface area contributed by atoms with E-state index in [4.69, 9.17) is 0 Å². The Bertz CT molecular complexity index is 1130. The predicted molar refractivity (Wildman–Crippen MR) is 148 cm³/mol. The van der Waals surface area contributed by atoms with Crippen LogP contribution in [0.4, 0.5) is 0 Å². The van der Waals surface area contributed by atoms with Crippen molar-refractivity contribution in [2.24, 2.45) is 0 Å². The monoisotopic (exact) mass is 447 g/mol. The van der Waals surface area contributed by atoms with Gasteiger partial charge in [-0.05, 0) is 55.4 Å². The highest BCUT2D eigenvalue weighted by atomic mass is 27.2. The zero-order valence-electron chi connectivity index (χ0n) is 21.5. The number of hydrogen-bond acceptors (Lipinski definition) is 0. The fourth-order valence-corrected chi connectivity index (χ4v) is 13.1. The molecule has 0 N–H and O–H groups in total. The molecule has 4 rings (SSSR count). The maximum Gasteiger partial charge on any atom is 0.268 e. The molecule has 0 saturated carbocycles. The Morgan fingerprint density at radius 1 is 0.333 bits per heavy atom. The molecule has 0 fully saturated rings. The van der Waals surface area contributed by atoms with Crippen molar-refractivity contribution in [1.29, 1.82) is 0 Å². The molecule has 168 valence electrons. The first-order chi connectivity index (χ1) is 15.7. The molecular weight excluding hydrogens is 411 g/mol. The molecule has 0 aliphatic carbocycles. The van der Waals surface area contributed by atoms with E-state index in [1.54, 1.807) is 17.7 Å². The molecule has 0 radical (unpaired) electrons. The summed E-state index contributed by atoms with van der Waals surface area (Å²) in [6.45, 7) is 18.4. The molecule has 4 aromatic rings. The second-order valence-electron chi connectivity index (χ2n) is 10.0. The number of rotatable bonds is 4. The van der Waals surface area contributed by atoms with Crippen LogP contribution in [0.25, 0.3) is 0 Å². The Morgan fingerprint density at radius 2 is 0.545 bits per heavy atom. The van der Waals surface area contributed by atoms with Crippen molar-refractivity contribution in [3.63, 3.8) is 0 Å². The average Bonchev–Trinajstić information content (AvgIpc) is 2.79. The topological polar surface area (TPSA) is 0 Å². The fourth-order valence-electron chi connectivity index (χ4n) is 5.98. The lowest BCUT2D eigenvalue weighted by molar-refractivity contribution is 1.33. The molecule has 0 aliphatic rings. The Morgan fingerprint density at radius 3 is 0.758 bits per heavy atom. The van der Waals surface area contributed by atoms with Gasteiger partial charge in [0, 0.05) is 0 Å². The van der Waals surface area contributed by atoms with Gasteiger partial charge in [-0.2, -0.15) is 0 Å². The SMILES string of the molecule is Cc1ccc[c]([Al-]([c]2cccc(C)c2C)([c]2cccc(C)c2C)[c]2cccc(C)c2C)c1C. The van der Waals surface area contributed by atoms with Gasteiger partial charge < -0.3 is 0 Å². The first kappa shape index (κ1) is 23.6. The van der Waals surface area contributed by atoms with E-state index in [1.807, 2.05) is 0 Å². The summed E-state index contributed by atoms with van der Waals surface area (Å²) in [6.07, 6.45) is 0. The summed E-state index contributed by atoms with van der Waals surface area (Å²) >= 11 is -3.04. The zero-order chi connectivity index (χ0) is 23.9. The van der Waals surface area contributed by atoms with Gasteiger partial charge in [-0.3, -0.25) is 0 Å². The minimum Gasteiger partial charge on any atom is -0.215 e. The van der Waals surface area contributed by atoms with Crippen LogP contribution in [-0.2, 0) is 0 Å². The summed E-state index contributed by atoms with van der Waals surface area (Å²) in [7, 11) is 0. The smallest absolute Gasteiger partial charge is 0.215 e. The minimum atomic E-state index is -3.04. The van der Waals surface area contributed by atoms with Crippen LogP contribution in [-0.4, -0.2) is 13.1 Å². The molecule has 33 heavy (non-hydrogen) atoms. The number of hydrogen-bond donors (Lipinski definition) is 0. The average molecular weight is 448 g/mol. The van der Waals surface area contributed by atoms with Crippen molar-refractivity contribution in [2.45, 2.75) is 55.4 Å². The summed E-state index contributed by atoms with van der Waals surface area (Å²) in [5, 5.41) is 0. The second-order valence-corrected chi connectivity index (χ2v) is 14.2. The van der Waals surface area contributed by atoms with Gasteiger partial charge in [0.05, 0.1) is 0 Å². The molecule has 4 aromatic carbocycles. The molecule has 0 heterocycles. The quantitative estimate of drug-likeness (QED) is 0.361. The summed E-state index contributed by atoms with van der Waals surface area (Å²) in [6, 6.07) is 27.8. The molecule has 0 spiro atoms. The van der Waals surface area contributed by atoms with Gasteiger partial charge in [0.15, 0.2) is 0 Å². The first-order valence-electron chi connectivity index (χ1n) is 12.1. The highest BCUT2D eigenvalue weighted by molar-refractivity contribution is 7.20. The van der Waals surface area contributed by atoms with Gasteiger partial charge in [0.25, 0.3) is 13.1 Å². The van der Waals surface area contributed by atoms with Gasteiger partial charge in [-0.25, -0.2) is 17.7 Å². The van der Waals surface area contributed by atoms with Gasteiger partial charge in [0.1, 0.15) is 0 Å². The number of benzene rings is 4. The third-order valence-electron chi connectivity index (χ3n) is 8.45. The van der Waals surface area contributed by atoms with Crippen molar-refractivity contribution in [3.05, 3.63) is 117 Å². The fraction of sp³-hybridized carbons (Fsp3) is 0.250. The lowest BCUT2D eigenvalue weighted by Crippen LogP contribution is -2.77. The molecule has 0 bridgehead atoms. The van der Waals surface area contributed by atoms with Gasteiger partial charge >= 0.3 is 0 Å².